The van der Waals surface area contributed by atoms with Crippen LogP contribution in [0.2, 0.25) is 0 Å². The summed E-state index contributed by atoms with van der Waals surface area (Å²) in [6.45, 7) is 3.50. The summed E-state index contributed by atoms with van der Waals surface area (Å²) in [4.78, 5) is 13.3. The van der Waals surface area contributed by atoms with Crippen LogP contribution in [0.15, 0.2) is 24.3 Å². The molecule has 1 saturated heterocycles. The van der Waals surface area contributed by atoms with Gasteiger partial charge in [-0.05, 0) is 64.2 Å². The van der Waals surface area contributed by atoms with Crippen LogP contribution in [0.4, 0.5) is 0 Å². The molecule has 1 fully saturated rings. The number of aliphatic hydroxyl groups excluding tert-OH is 7. The van der Waals surface area contributed by atoms with E-state index < -0.39 is 74.2 Å². The minimum atomic E-state index is -1.67. The van der Waals surface area contributed by atoms with E-state index in [1.807, 2.05) is 0 Å². The zero-order chi connectivity index (χ0) is 61.7. The molecule has 1 aliphatic heterocycles. The quantitative estimate of drug-likeness (QED) is 0.0215. The standard InChI is InChI=1S/C74H143NO10/c1-3-5-7-9-11-13-15-17-19-21-23-25-26-27-28-29-30-31-32-33-34-35-36-37-38-39-40-41-42-44-46-48-50-52-54-56-58-60-62-67(78)73(83)75-65(64-84-74-72(82)71(81)70(80)68(63-76)85-74)69(79)66(77)61-59-57-55-53-51-49-47-45-43-24-22-20-18-16-14-12-10-8-6-4-2/h33-34,53,55,65-72,74,76-82H,3-32,35-52,54,56-64H2,1-2H3,(H,75,83)/b34-33-,55-53+. The molecule has 1 amide bonds. The molecular formula is C74H143NO10. The van der Waals surface area contributed by atoms with Crippen LogP contribution in [-0.2, 0) is 14.3 Å². The van der Waals surface area contributed by atoms with Crippen LogP contribution in [0.1, 0.15) is 373 Å². The maximum absolute atomic E-state index is 13.3. The number of nitrogens with one attached hydrogen (secondary N) is 1. The largest absolute Gasteiger partial charge is 0.394 e. The van der Waals surface area contributed by atoms with Crippen LogP contribution in [0.25, 0.3) is 0 Å². The van der Waals surface area contributed by atoms with Crippen LogP contribution in [-0.4, -0.2) is 110 Å². The average Bonchev–Trinajstić information content (AvgIpc) is 3.67. The van der Waals surface area contributed by atoms with Crippen LogP contribution in [0.3, 0.4) is 0 Å². The minimum Gasteiger partial charge on any atom is -0.394 e. The first kappa shape index (κ1) is 81.6. The van der Waals surface area contributed by atoms with E-state index >= 15 is 0 Å². The molecule has 1 aliphatic rings. The zero-order valence-electron chi connectivity index (χ0n) is 55.9. The molecule has 8 N–H and O–H groups in total. The normalized spacial score (nSPS) is 18.9. The molecule has 0 aliphatic carbocycles. The van der Waals surface area contributed by atoms with Crippen molar-refractivity contribution in [1.29, 1.82) is 0 Å². The van der Waals surface area contributed by atoms with E-state index in [1.54, 1.807) is 0 Å². The van der Waals surface area contributed by atoms with Crippen molar-refractivity contribution in [2.24, 2.45) is 0 Å². The monoisotopic (exact) mass is 1210 g/mol. The highest BCUT2D eigenvalue weighted by Gasteiger charge is 2.44. The highest BCUT2D eigenvalue weighted by Crippen LogP contribution is 2.24. The van der Waals surface area contributed by atoms with Crippen molar-refractivity contribution in [2.45, 2.75) is 428 Å². The molecule has 0 saturated carbocycles. The van der Waals surface area contributed by atoms with E-state index in [0.717, 1.165) is 38.5 Å². The van der Waals surface area contributed by atoms with Gasteiger partial charge >= 0.3 is 0 Å². The molecule has 0 bridgehead atoms. The van der Waals surface area contributed by atoms with Crippen molar-refractivity contribution in [3.05, 3.63) is 24.3 Å². The van der Waals surface area contributed by atoms with Gasteiger partial charge in [0.25, 0.3) is 0 Å². The number of rotatable bonds is 66. The Hall–Kier alpha value is -1.41. The molecular weight excluding hydrogens is 1060 g/mol. The summed E-state index contributed by atoms with van der Waals surface area (Å²) < 4.78 is 11.2. The van der Waals surface area contributed by atoms with E-state index in [1.165, 1.54) is 295 Å². The lowest BCUT2D eigenvalue weighted by Gasteiger charge is -2.40. The molecule has 1 rings (SSSR count). The number of amides is 1. The average molecular weight is 1210 g/mol. The molecule has 0 aromatic carbocycles. The summed E-state index contributed by atoms with van der Waals surface area (Å²) >= 11 is 0. The van der Waals surface area contributed by atoms with Gasteiger partial charge in [-0.2, -0.15) is 0 Å². The van der Waals surface area contributed by atoms with Crippen LogP contribution in [0.5, 0.6) is 0 Å². The van der Waals surface area contributed by atoms with Gasteiger partial charge in [-0.25, -0.2) is 0 Å². The van der Waals surface area contributed by atoms with Crippen molar-refractivity contribution in [1.82, 2.24) is 5.32 Å². The first-order valence-corrected chi connectivity index (χ1v) is 37.2. The van der Waals surface area contributed by atoms with Gasteiger partial charge in [-0.1, -0.05) is 334 Å². The fourth-order valence-electron chi connectivity index (χ4n) is 12.3. The predicted octanol–water partition coefficient (Wildman–Crippen LogP) is 18.4. The Kier molecular flexibility index (Phi) is 60.3. The van der Waals surface area contributed by atoms with Gasteiger partial charge in [0.15, 0.2) is 6.29 Å². The lowest BCUT2D eigenvalue weighted by Crippen LogP contribution is -2.60. The van der Waals surface area contributed by atoms with Crippen molar-refractivity contribution in [3.8, 4) is 0 Å². The zero-order valence-corrected chi connectivity index (χ0v) is 55.9. The number of carbonyl (C=O) groups is 1. The highest BCUT2D eigenvalue weighted by atomic mass is 16.7. The first-order valence-electron chi connectivity index (χ1n) is 37.2. The van der Waals surface area contributed by atoms with Gasteiger partial charge in [0.05, 0.1) is 25.4 Å². The lowest BCUT2D eigenvalue weighted by molar-refractivity contribution is -0.303. The third kappa shape index (κ3) is 50.0. The van der Waals surface area contributed by atoms with Gasteiger partial charge in [0.2, 0.25) is 5.91 Å². The van der Waals surface area contributed by atoms with Crippen LogP contribution >= 0.6 is 0 Å². The fraction of sp³-hybridized carbons (Fsp3) is 0.932. The smallest absolute Gasteiger partial charge is 0.249 e. The second kappa shape index (κ2) is 62.8. The Bertz CT molecular complexity index is 1430. The molecule has 0 radical (unpaired) electrons. The van der Waals surface area contributed by atoms with Crippen molar-refractivity contribution in [3.63, 3.8) is 0 Å². The molecule has 0 spiro atoms. The first-order chi connectivity index (χ1) is 41.7. The van der Waals surface area contributed by atoms with Crippen LogP contribution < -0.4 is 5.32 Å². The second-order valence-electron chi connectivity index (χ2n) is 26.4. The van der Waals surface area contributed by atoms with E-state index in [4.69, 9.17) is 9.47 Å². The van der Waals surface area contributed by atoms with Gasteiger partial charge in [0, 0.05) is 0 Å². The number of allylic oxidation sites excluding steroid dienone is 4. The maximum Gasteiger partial charge on any atom is 0.249 e. The SMILES string of the molecule is CCCCCCCCCCCCCCCCC/C=C/CCCC(O)C(O)C(COC1OC(CO)C(O)C(O)C1O)NC(=O)C(O)CCCCCCCCCCCCCCCCCC/C=C\CCCCCCCCCCCCCCCCCCCC. The summed E-state index contributed by atoms with van der Waals surface area (Å²) in [5.74, 6) is -0.699. The van der Waals surface area contributed by atoms with Gasteiger partial charge in [-0.15, -0.1) is 0 Å². The topological polar surface area (TPSA) is 189 Å². The van der Waals surface area contributed by atoms with Crippen molar-refractivity contribution < 1.29 is 50.0 Å². The highest BCUT2D eigenvalue weighted by molar-refractivity contribution is 5.80. The van der Waals surface area contributed by atoms with E-state index in [9.17, 15) is 40.5 Å². The van der Waals surface area contributed by atoms with E-state index in [2.05, 4.69) is 43.5 Å². The summed E-state index contributed by atoms with van der Waals surface area (Å²) in [6, 6.07) is -1.18. The summed E-state index contributed by atoms with van der Waals surface area (Å²) in [7, 11) is 0. The van der Waals surface area contributed by atoms with E-state index in [-0.39, 0.29) is 12.8 Å². The van der Waals surface area contributed by atoms with Gasteiger partial charge < -0.3 is 50.5 Å². The molecule has 0 aromatic rings. The molecule has 9 atom stereocenters. The lowest BCUT2D eigenvalue weighted by atomic mass is 9.98. The number of aliphatic hydroxyl groups is 7. The number of ether oxygens (including phenoxy) is 2. The Labute approximate surface area is 524 Å². The number of hydrogen-bond donors (Lipinski definition) is 8. The van der Waals surface area contributed by atoms with E-state index in [0.29, 0.717) is 12.8 Å². The Balaban J connectivity index is 2.13. The molecule has 11 heteroatoms. The summed E-state index contributed by atoms with van der Waals surface area (Å²) in [5.41, 5.74) is 0. The number of hydrogen-bond acceptors (Lipinski definition) is 10. The predicted molar refractivity (Wildman–Crippen MR) is 358 cm³/mol. The Morgan fingerprint density at radius 2 is 0.694 bits per heavy atom. The second-order valence-corrected chi connectivity index (χ2v) is 26.4. The molecule has 0 aromatic heterocycles. The Morgan fingerprint density at radius 1 is 0.400 bits per heavy atom. The third-order valence-electron chi connectivity index (χ3n) is 18.2. The molecule has 9 unspecified atom stereocenters. The fourth-order valence-corrected chi connectivity index (χ4v) is 12.3. The maximum atomic E-state index is 13.3. The number of unbranched alkanes of at least 4 members (excludes halogenated alkanes) is 50. The minimum absolute atomic E-state index is 0.257. The van der Waals surface area contributed by atoms with Crippen molar-refractivity contribution in [2.75, 3.05) is 13.2 Å². The van der Waals surface area contributed by atoms with Gasteiger partial charge in [0.1, 0.15) is 36.6 Å². The van der Waals surface area contributed by atoms with Crippen LogP contribution in [0, 0.1) is 0 Å². The molecule has 504 valence electrons. The number of carbonyl (C=O) groups excluding carboxylic acids is 1. The molecule has 85 heavy (non-hydrogen) atoms. The van der Waals surface area contributed by atoms with Crippen molar-refractivity contribution >= 4 is 5.91 Å². The molecule has 1 heterocycles. The summed E-state index contributed by atoms with van der Waals surface area (Å²) in [6.07, 6.45) is 68.6. The Morgan fingerprint density at radius 3 is 1.01 bits per heavy atom. The summed E-state index contributed by atoms with van der Waals surface area (Å²) in [5, 5.41) is 76.5. The third-order valence-corrected chi connectivity index (χ3v) is 18.2. The van der Waals surface area contributed by atoms with Gasteiger partial charge in [-0.3, -0.25) is 4.79 Å². The molecule has 11 nitrogen and oxygen atoms in total.